The van der Waals surface area contributed by atoms with E-state index in [9.17, 15) is 9.59 Å². The van der Waals surface area contributed by atoms with E-state index >= 15 is 0 Å². The predicted octanol–water partition coefficient (Wildman–Crippen LogP) is 4.20. The maximum absolute atomic E-state index is 12.9. The van der Waals surface area contributed by atoms with Gasteiger partial charge in [-0.05, 0) is 57.3 Å². The molecular weight excluding hydrogens is 518 g/mol. The van der Waals surface area contributed by atoms with Crippen LogP contribution < -0.4 is 10.6 Å². The number of nitrogens with zero attached hydrogens (tertiary/aromatic N) is 5. The second kappa shape index (κ2) is 10.9. The number of carbonyl (C=O) groups is 2. The largest absolute Gasteiger partial charge is 0.352 e. The molecule has 0 spiro atoms. The van der Waals surface area contributed by atoms with E-state index < -0.39 is 0 Å². The molecule has 9 nitrogen and oxygen atoms in total. The van der Waals surface area contributed by atoms with Crippen LogP contribution in [0, 0.1) is 0 Å². The first-order valence-corrected chi connectivity index (χ1v) is 15.2. The second-order valence-corrected chi connectivity index (χ2v) is 13.6. The van der Waals surface area contributed by atoms with Crippen LogP contribution in [0.5, 0.6) is 0 Å². The van der Waals surface area contributed by atoms with Crippen LogP contribution in [-0.2, 0) is 15.0 Å². The van der Waals surface area contributed by atoms with Crippen LogP contribution in [0.25, 0.3) is 20.4 Å². The first-order valence-electron chi connectivity index (χ1n) is 13.5. The SMILES string of the molecule is CN1CCC(N(C)C(=O)CNc2nc3c(C(C)(C)C)c4nc(NCC(=O)N5CCCC5)sc4cc3s2)CC1. The molecule has 5 rings (SSSR count). The van der Waals surface area contributed by atoms with Gasteiger partial charge in [0.25, 0.3) is 0 Å². The summed E-state index contributed by atoms with van der Waals surface area (Å²) >= 11 is 3.15. The van der Waals surface area contributed by atoms with Crippen molar-refractivity contribution in [2.24, 2.45) is 0 Å². The lowest BCUT2D eigenvalue weighted by molar-refractivity contribution is -0.131. The van der Waals surface area contributed by atoms with Gasteiger partial charge in [0.2, 0.25) is 11.8 Å². The van der Waals surface area contributed by atoms with Crippen molar-refractivity contribution in [2.75, 3.05) is 64.0 Å². The van der Waals surface area contributed by atoms with Crippen LogP contribution in [-0.4, -0.2) is 95.9 Å². The standard InChI is InChI=1S/C27H39N7O2S2/c1-27(2,3)22-23-18(14-19-24(22)31-26(38-19)29-16-21(36)34-10-6-7-11-34)37-25(30-23)28-15-20(35)33(5)17-8-12-32(4)13-9-17/h14,17H,6-13,15-16H2,1-5H3,(H,28,30)(H,29,31). The minimum atomic E-state index is -0.177. The van der Waals surface area contributed by atoms with Crippen molar-refractivity contribution in [3.63, 3.8) is 0 Å². The number of piperidine rings is 1. The van der Waals surface area contributed by atoms with Gasteiger partial charge in [-0.2, -0.15) is 0 Å². The molecule has 4 heterocycles. The molecule has 3 aromatic rings. The van der Waals surface area contributed by atoms with Crippen molar-refractivity contribution in [1.82, 2.24) is 24.7 Å². The fraction of sp³-hybridized carbons (Fsp3) is 0.630. The summed E-state index contributed by atoms with van der Waals surface area (Å²) in [5.41, 5.74) is 2.78. The lowest BCUT2D eigenvalue weighted by atomic mass is 9.85. The second-order valence-electron chi connectivity index (χ2n) is 11.6. The number of fused-ring (bicyclic) bond motifs is 2. The number of thiazole rings is 2. The maximum atomic E-state index is 12.9. The zero-order valence-corrected chi connectivity index (χ0v) is 24.7. The maximum Gasteiger partial charge on any atom is 0.241 e. The van der Waals surface area contributed by atoms with Crippen molar-refractivity contribution in [1.29, 1.82) is 0 Å². The number of anilines is 2. The summed E-state index contributed by atoms with van der Waals surface area (Å²) in [7, 11) is 4.05. The molecular formula is C27H39N7O2S2. The van der Waals surface area contributed by atoms with Crippen LogP contribution >= 0.6 is 22.7 Å². The predicted molar refractivity (Wildman–Crippen MR) is 158 cm³/mol. The van der Waals surface area contributed by atoms with Gasteiger partial charge in [0.05, 0.1) is 33.5 Å². The highest BCUT2D eigenvalue weighted by Crippen LogP contribution is 2.42. The Balaban J connectivity index is 1.32. The van der Waals surface area contributed by atoms with Gasteiger partial charge in [0.15, 0.2) is 10.3 Å². The minimum Gasteiger partial charge on any atom is -0.352 e. The highest BCUT2D eigenvalue weighted by atomic mass is 32.1. The van der Waals surface area contributed by atoms with E-state index in [2.05, 4.69) is 49.4 Å². The summed E-state index contributed by atoms with van der Waals surface area (Å²) in [4.78, 5) is 41.4. The first-order chi connectivity index (χ1) is 18.1. The monoisotopic (exact) mass is 557 g/mol. The number of hydrogen-bond donors (Lipinski definition) is 2. The fourth-order valence-electron chi connectivity index (χ4n) is 5.40. The molecule has 0 atom stereocenters. The number of hydrogen-bond acceptors (Lipinski definition) is 9. The Morgan fingerprint density at radius 2 is 1.53 bits per heavy atom. The van der Waals surface area contributed by atoms with Gasteiger partial charge in [-0.25, -0.2) is 9.97 Å². The molecule has 0 radical (unpaired) electrons. The number of nitrogens with one attached hydrogen (secondary N) is 2. The summed E-state index contributed by atoms with van der Waals surface area (Å²) < 4.78 is 2.15. The number of amides is 2. The van der Waals surface area contributed by atoms with Gasteiger partial charge >= 0.3 is 0 Å². The molecule has 2 fully saturated rings. The number of aromatic nitrogens is 2. The summed E-state index contributed by atoms with van der Waals surface area (Å²) in [5, 5.41) is 8.07. The summed E-state index contributed by atoms with van der Waals surface area (Å²) in [6.45, 7) is 10.8. The molecule has 2 N–H and O–H groups in total. The Morgan fingerprint density at radius 3 is 2.08 bits per heavy atom. The molecule has 0 aliphatic carbocycles. The Bertz CT molecular complexity index is 1310. The molecule has 1 aromatic carbocycles. The van der Waals surface area contributed by atoms with Crippen molar-refractivity contribution in [3.05, 3.63) is 11.6 Å². The van der Waals surface area contributed by atoms with Gasteiger partial charge in [0, 0.05) is 31.7 Å². The minimum absolute atomic E-state index is 0.0942. The number of carbonyl (C=O) groups excluding carboxylic acids is 2. The number of likely N-dealkylation sites (tertiary alicyclic amines) is 2. The number of rotatable bonds is 7. The smallest absolute Gasteiger partial charge is 0.241 e. The molecule has 206 valence electrons. The lowest BCUT2D eigenvalue weighted by Crippen LogP contribution is -2.46. The Morgan fingerprint density at radius 1 is 0.974 bits per heavy atom. The van der Waals surface area contributed by atoms with E-state index in [-0.39, 0.29) is 30.3 Å². The van der Waals surface area contributed by atoms with Crippen molar-refractivity contribution in [2.45, 2.75) is 57.9 Å². The third-order valence-electron chi connectivity index (χ3n) is 7.66. The van der Waals surface area contributed by atoms with Gasteiger partial charge < -0.3 is 25.3 Å². The van der Waals surface area contributed by atoms with Crippen LogP contribution in [0.15, 0.2) is 6.07 Å². The zero-order chi connectivity index (χ0) is 27.0. The summed E-state index contributed by atoms with van der Waals surface area (Å²) in [6, 6.07) is 2.44. The topological polar surface area (TPSA) is 93.7 Å². The van der Waals surface area contributed by atoms with Crippen LogP contribution in [0.1, 0.15) is 52.0 Å². The third kappa shape index (κ3) is 5.74. The van der Waals surface area contributed by atoms with Crippen LogP contribution in [0.3, 0.4) is 0 Å². The molecule has 2 aliphatic heterocycles. The van der Waals surface area contributed by atoms with Crippen LogP contribution in [0.4, 0.5) is 10.3 Å². The molecule has 2 amide bonds. The zero-order valence-electron chi connectivity index (χ0n) is 23.1. The third-order valence-corrected chi connectivity index (χ3v) is 9.58. The molecule has 11 heteroatoms. The Labute approximate surface area is 232 Å². The molecule has 0 bridgehead atoms. The molecule has 38 heavy (non-hydrogen) atoms. The van der Waals surface area contributed by atoms with Crippen molar-refractivity contribution >= 4 is 65.2 Å². The molecule has 0 saturated carbocycles. The molecule has 2 aromatic heterocycles. The van der Waals surface area contributed by atoms with E-state index in [0.717, 1.165) is 88.1 Å². The van der Waals surface area contributed by atoms with E-state index in [1.54, 1.807) is 22.7 Å². The normalized spacial score (nSPS) is 17.4. The van der Waals surface area contributed by atoms with Gasteiger partial charge in [-0.1, -0.05) is 43.4 Å². The fourth-order valence-corrected chi connectivity index (χ4v) is 7.30. The molecule has 2 aliphatic rings. The highest BCUT2D eigenvalue weighted by Gasteiger charge is 2.27. The first kappa shape index (κ1) is 27.1. The molecule has 0 unspecified atom stereocenters. The van der Waals surface area contributed by atoms with E-state index in [1.165, 1.54) is 0 Å². The Kier molecular flexibility index (Phi) is 7.79. The van der Waals surface area contributed by atoms with Crippen molar-refractivity contribution in [3.8, 4) is 0 Å². The highest BCUT2D eigenvalue weighted by molar-refractivity contribution is 7.24. The average Bonchev–Trinajstić information content (AvgIpc) is 3.63. The van der Waals surface area contributed by atoms with Gasteiger partial charge in [-0.3, -0.25) is 9.59 Å². The quantitative estimate of drug-likeness (QED) is 0.450. The number of benzene rings is 1. The molecule has 2 saturated heterocycles. The van der Waals surface area contributed by atoms with E-state index in [1.807, 2.05) is 16.8 Å². The van der Waals surface area contributed by atoms with Gasteiger partial charge in [-0.15, -0.1) is 0 Å². The van der Waals surface area contributed by atoms with Crippen LogP contribution in [0.2, 0.25) is 0 Å². The summed E-state index contributed by atoms with van der Waals surface area (Å²) in [6.07, 6.45) is 4.21. The number of likely N-dealkylation sites (N-methyl/N-ethyl adjacent to an activating group) is 1. The van der Waals surface area contributed by atoms with E-state index in [0.29, 0.717) is 6.04 Å². The van der Waals surface area contributed by atoms with Crippen molar-refractivity contribution < 1.29 is 9.59 Å². The lowest BCUT2D eigenvalue weighted by Gasteiger charge is -2.35. The van der Waals surface area contributed by atoms with Gasteiger partial charge in [0.1, 0.15) is 0 Å². The summed E-state index contributed by atoms with van der Waals surface area (Å²) in [5.74, 6) is 0.226. The average molecular weight is 558 g/mol. The van der Waals surface area contributed by atoms with E-state index in [4.69, 9.17) is 9.97 Å². The Hall–Kier alpha value is -2.50.